The smallest absolute Gasteiger partial charge is 0.124 e. The number of hydrogen-bond acceptors (Lipinski definition) is 2. The third-order valence-electron chi connectivity index (χ3n) is 4.38. The van der Waals surface area contributed by atoms with Crippen LogP contribution in [0, 0.1) is 5.92 Å². The van der Waals surface area contributed by atoms with Crippen molar-refractivity contribution in [2.24, 2.45) is 5.92 Å². The van der Waals surface area contributed by atoms with E-state index in [4.69, 9.17) is 4.74 Å². The lowest BCUT2D eigenvalue weighted by Crippen LogP contribution is -2.24. The first kappa shape index (κ1) is 15.4. The summed E-state index contributed by atoms with van der Waals surface area (Å²) in [7, 11) is 0. The largest absolute Gasteiger partial charge is 0.490 e. The first-order valence-corrected chi connectivity index (χ1v) is 8.28. The Hall–Kier alpha value is -1.02. The van der Waals surface area contributed by atoms with Gasteiger partial charge in [0.15, 0.2) is 0 Å². The highest BCUT2D eigenvalue weighted by Gasteiger charge is 2.21. The third-order valence-corrected chi connectivity index (χ3v) is 4.38. The van der Waals surface area contributed by atoms with Crippen molar-refractivity contribution in [2.75, 3.05) is 6.54 Å². The minimum atomic E-state index is 0.421. The number of nitrogens with one attached hydrogen (secondary N) is 1. The molecular weight excluding hydrogens is 246 g/mol. The Bertz CT molecular complexity index is 383. The van der Waals surface area contributed by atoms with Crippen LogP contribution in [-0.4, -0.2) is 12.6 Å². The van der Waals surface area contributed by atoms with Gasteiger partial charge in [0.2, 0.25) is 0 Å². The van der Waals surface area contributed by atoms with E-state index < -0.39 is 0 Å². The molecule has 2 rings (SSSR count). The molecule has 0 heterocycles. The van der Waals surface area contributed by atoms with Crippen LogP contribution in [0.1, 0.15) is 57.9 Å². The van der Waals surface area contributed by atoms with Crippen molar-refractivity contribution in [1.82, 2.24) is 5.32 Å². The average Bonchev–Trinajstić information content (AvgIpc) is 2.50. The standard InChI is InChI=1S/C18H29NO/c1-3-13-19-14-16-7-5-6-8-18(16)20-17-11-9-15(4-2)10-12-17/h5-8,15,17,19H,3-4,9-14H2,1-2H3. The Labute approximate surface area is 123 Å². The normalized spacial score (nSPS) is 22.7. The Morgan fingerprint density at radius 1 is 1.10 bits per heavy atom. The van der Waals surface area contributed by atoms with Gasteiger partial charge in [0.1, 0.15) is 5.75 Å². The van der Waals surface area contributed by atoms with Crippen LogP contribution >= 0.6 is 0 Å². The molecular formula is C18H29NO. The summed E-state index contributed by atoms with van der Waals surface area (Å²) in [4.78, 5) is 0. The van der Waals surface area contributed by atoms with Crippen LogP contribution in [0.2, 0.25) is 0 Å². The highest BCUT2D eigenvalue weighted by Crippen LogP contribution is 2.30. The second-order valence-electron chi connectivity index (χ2n) is 5.95. The molecule has 0 unspecified atom stereocenters. The van der Waals surface area contributed by atoms with E-state index in [0.717, 1.165) is 24.8 Å². The molecule has 0 atom stereocenters. The van der Waals surface area contributed by atoms with Gasteiger partial charge in [-0.15, -0.1) is 0 Å². The molecule has 1 fully saturated rings. The minimum Gasteiger partial charge on any atom is -0.490 e. The van der Waals surface area contributed by atoms with Crippen molar-refractivity contribution in [3.63, 3.8) is 0 Å². The molecule has 1 saturated carbocycles. The fourth-order valence-electron chi connectivity index (χ4n) is 3.00. The van der Waals surface area contributed by atoms with Gasteiger partial charge in [-0.05, 0) is 50.6 Å². The Balaban J connectivity index is 1.88. The number of para-hydroxylation sites is 1. The summed E-state index contributed by atoms with van der Waals surface area (Å²) >= 11 is 0. The molecule has 0 radical (unpaired) electrons. The van der Waals surface area contributed by atoms with E-state index in [1.54, 1.807) is 0 Å². The van der Waals surface area contributed by atoms with E-state index in [-0.39, 0.29) is 0 Å². The van der Waals surface area contributed by atoms with E-state index in [1.807, 2.05) is 0 Å². The van der Waals surface area contributed by atoms with Gasteiger partial charge in [-0.25, -0.2) is 0 Å². The molecule has 0 spiro atoms. The summed E-state index contributed by atoms with van der Waals surface area (Å²) in [5.41, 5.74) is 1.29. The molecule has 1 aromatic rings. The van der Waals surface area contributed by atoms with Crippen LogP contribution in [0.15, 0.2) is 24.3 Å². The first-order valence-electron chi connectivity index (χ1n) is 8.28. The number of hydrogen-bond donors (Lipinski definition) is 1. The molecule has 112 valence electrons. The monoisotopic (exact) mass is 275 g/mol. The van der Waals surface area contributed by atoms with Crippen LogP contribution in [-0.2, 0) is 6.54 Å². The maximum absolute atomic E-state index is 6.27. The maximum Gasteiger partial charge on any atom is 0.124 e. The summed E-state index contributed by atoms with van der Waals surface area (Å²) in [6, 6.07) is 8.48. The number of rotatable bonds is 7. The third kappa shape index (κ3) is 4.52. The summed E-state index contributed by atoms with van der Waals surface area (Å²) in [5.74, 6) is 2.01. The van der Waals surface area contributed by atoms with E-state index >= 15 is 0 Å². The van der Waals surface area contributed by atoms with Crippen molar-refractivity contribution >= 4 is 0 Å². The lowest BCUT2D eigenvalue weighted by molar-refractivity contribution is 0.128. The zero-order valence-corrected chi connectivity index (χ0v) is 13.0. The lowest BCUT2D eigenvalue weighted by atomic mass is 9.86. The fourth-order valence-corrected chi connectivity index (χ4v) is 3.00. The van der Waals surface area contributed by atoms with Gasteiger partial charge in [-0.3, -0.25) is 0 Å². The van der Waals surface area contributed by atoms with E-state index in [9.17, 15) is 0 Å². The second kappa shape index (κ2) is 8.31. The molecule has 1 aromatic carbocycles. The van der Waals surface area contributed by atoms with Gasteiger partial charge >= 0.3 is 0 Å². The zero-order chi connectivity index (χ0) is 14.2. The predicted octanol–water partition coefficient (Wildman–Crippen LogP) is 4.53. The van der Waals surface area contributed by atoms with Crippen LogP contribution in [0.3, 0.4) is 0 Å². The quantitative estimate of drug-likeness (QED) is 0.738. The van der Waals surface area contributed by atoms with Crippen molar-refractivity contribution in [3.8, 4) is 5.75 Å². The molecule has 2 heteroatoms. The van der Waals surface area contributed by atoms with Gasteiger partial charge in [0.05, 0.1) is 6.10 Å². The van der Waals surface area contributed by atoms with E-state index in [0.29, 0.717) is 6.10 Å². The van der Waals surface area contributed by atoms with Crippen LogP contribution in [0.4, 0.5) is 0 Å². The highest BCUT2D eigenvalue weighted by atomic mass is 16.5. The molecule has 20 heavy (non-hydrogen) atoms. The predicted molar refractivity (Wildman–Crippen MR) is 85.1 cm³/mol. The molecule has 0 amide bonds. The van der Waals surface area contributed by atoms with Gasteiger partial charge in [0.25, 0.3) is 0 Å². The Kier molecular flexibility index (Phi) is 6.38. The number of ether oxygens (including phenoxy) is 1. The van der Waals surface area contributed by atoms with Crippen LogP contribution < -0.4 is 10.1 Å². The van der Waals surface area contributed by atoms with Crippen molar-refractivity contribution in [3.05, 3.63) is 29.8 Å². The Morgan fingerprint density at radius 3 is 2.55 bits per heavy atom. The minimum absolute atomic E-state index is 0.421. The average molecular weight is 275 g/mol. The van der Waals surface area contributed by atoms with Gasteiger partial charge < -0.3 is 10.1 Å². The van der Waals surface area contributed by atoms with E-state index in [2.05, 4.69) is 43.4 Å². The van der Waals surface area contributed by atoms with Gasteiger partial charge in [-0.2, -0.15) is 0 Å². The maximum atomic E-state index is 6.27. The summed E-state index contributed by atoms with van der Waals surface area (Å²) in [5, 5.41) is 3.47. The van der Waals surface area contributed by atoms with Crippen molar-refractivity contribution < 1.29 is 4.74 Å². The van der Waals surface area contributed by atoms with Crippen LogP contribution in [0.5, 0.6) is 5.75 Å². The second-order valence-corrected chi connectivity index (χ2v) is 5.95. The summed E-state index contributed by atoms with van der Waals surface area (Å²) < 4.78 is 6.27. The van der Waals surface area contributed by atoms with Crippen molar-refractivity contribution in [1.29, 1.82) is 0 Å². The van der Waals surface area contributed by atoms with Crippen LogP contribution in [0.25, 0.3) is 0 Å². The molecule has 1 aliphatic carbocycles. The molecule has 0 aromatic heterocycles. The summed E-state index contributed by atoms with van der Waals surface area (Å²) in [6.07, 6.45) is 8.01. The lowest BCUT2D eigenvalue weighted by Gasteiger charge is -2.29. The zero-order valence-electron chi connectivity index (χ0n) is 13.0. The molecule has 2 nitrogen and oxygen atoms in total. The Morgan fingerprint density at radius 2 is 1.85 bits per heavy atom. The summed E-state index contributed by atoms with van der Waals surface area (Å²) in [6.45, 7) is 6.48. The SMILES string of the molecule is CCCNCc1ccccc1OC1CCC(CC)CC1. The molecule has 1 N–H and O–H groups in total. The fraction of sp³-hybridized carbons (Fsp3) is 0.667. The van der Waals surface area contributed by atoms with E-state index in [1.165, 1.54) is 44.1 Å². The van der Waals surface area contributed by atoms with Gasteiger partial charge in [0, 0.05) is 12.1 Å². The molecule has 0 saturated heterocycles. The number of benzene rings is 1. The van der Waals surface area contributed by atoms with Crippen molar-refractivity contribution in [2.45, 2.75) is 65.0 Å². The topological polar surface area (TPSA) is 21.3 Å². The highest BCUT2D eigenvalue weighted by molar-refractivity contribution is 5.33. The molecule has 0 bridgehead atoms. The first-order chi connectivity index (χ1) is 9.83. The molecule has 0 aliphatic heterocycles. The van der Waals surface area contributed by atoms with Gasteiger partial charge in [-0.1, -0.05) is 38.5 Å². The molecule has 1 aliphatic rings.